The predicted octanol–water partition coefficient (Wildman–Crippen LogP) is 7.54. The minimum atomic E-state index is -0.773. The van der Waals surface area contributed by atoms with Crippen molar-refractivity contribution in [3.63, 3.8) is 0 Å². The molecule has 0 aromatic carbocycles. The summed E-state index contributed by atoms with van der Waals surface area (Å²) in [5, 5.41) is 9.13. The second-order valence-electron chi connectivity index (χ2n) is 9.48. The van der Waals surface area contributed by atoms with E-state index >= 15 is 0 Å². The Bertz CT molecular complexity index is 448. The molecule has 0 aromatic rings. The number of unbranched alkanes of at least 4 members (excludes halogenated alkanes) is 8. The molecule has 0 saturated heterocycles. The Morgan fingerprint density at radius 1 is 0.800 bits per heavy atom. The molecule has 0 aliphatic heterocycles. The van der Waals surface area contributed by atoms with Crippen molar-refractivity contribution in [1.82, 2.24) is 0 Å². The molecule has 0 aromatic heterocycles. The molecule has 1 fully saturated rings. The van der Waals surface area contributed by atoms with Crippen LogP contribution in [0.1, 0.15) is 129 Å². The number of aliphatic carboxylic acids is 1. The molecule has 1 rings (SSSR count). The van der Waals surface area contributed by atoms with Gasteiger partial charge >= 0.3 is 11.9 Å². The number of carboxylic acids is 1. The van der Waals surface area contributed by atoms with Gasteiger partial charge in [0.2, 0.25) is 0 Å². The van der Waals surface area contributed by atoms with E-state index in [1.54, 1.807) is 0 Å². The van der Waals surface area contributed by atoms with E-state index in [1.807, 2.05) is 0 Å². The second-order valence-corrected chi connectivity index (χ2v) is 9.48. The molecule has 0 heterocycles. The van der Waals surface area contributed by atoms with Gasteiger partial charge in [-0.2, -0.15) is 0 Å². The second kappa shape index (κ2) is 17.6. The van der Waals surface area contributed by atoms with Crippen LogP contribution in [0.15, 0.2) is 0 Å². The lowest BCUT2D eigenvalue weighted by Crippen LogP contribution is -2.28. The zero-order valence-corrected chi connectivity index (χ0v) is 19.8. The maximum atomic E-state index is 12.1. The van der Waals surface area contributed by atoms with Crippen molar-refractivity contribution < 1.29 is 19.4 Å². The molecule has 176 valence electrons. The van der Waals surface area contributed by atoms with Gasteiger partial charge in [0.1, 0.15) is 0 Å². The zero-order chi connectivity index (χ0) is 22.0. The number of hydrogen-bond donors (Lipinski definition) is 1. The molecule has 1 N–H and O–H groups in total. The first-order chi connectivity index (χ1) is 14.6. The molecule has 0 amide bonds. The maximum Gasteiger partial charge on any atom is 0.308 e. The Kier molecular flexibility index (Phi) is 15.8. The van der Waals surface area contributed by atoms with E-state index < -0.39 is 5.97 Å². The molecule has 0 spiro atoms. The van der Waals surface area contributed by atoms with Gasteiger partial charge in [0.05, 0.1) is 18.4 Å². The summed E-state index contributed by atoms with van der Waals surface area (Å²) < 4.78 is 5.41. The topological polar surface area (TPSA) is 63.6 Å². The Balaban J connectivity index is 1.96. The predicted molar refractivity (Wildman–Crippen MR) is 124 cm³/mol. The third kappa shape index (κ3) is 12.6. The number of esters is 1. The van der Waals surface area contributed by atoms with Crippen LogP contribution in [0.2, 0.25) is 0 Å². The van der Waals surface area contributed by atoms with E-state index in [0.717, 1.165) is 31.6 Å². The lowest BCUT2D eigenvalue weighted by molar-refractivity contribution is -0.152. The summed E-state index contributed by atoms with van der Waals surface area (Å²) in [5.41, 5.74) is 0. The number of carbonyl (C=O) groups excluding carboxylic acids is 1. The van der Waals surface area contributed by atoms with Crippen LogP contribution in [-0.2, 0) is 14.3 Å². The first kappa shape index (κ1) is 27.0. The van der Waals surface area contributed by atoms with E-state index in [4.69, 9.17) is 9.84 Å². The Hall–Kier alpha value is -1.06. The van der Waals surface area contributed by atoms with Crippen molar-refractivity contribution in [2.24, 2.45) is 17.8 Å². The Morgan fingerprint density at radius 2 is 1.40 bits per heavy atom. The maximum absolute atomic E-state index is 12.1. The molecule has 30 heavy (non-hydrogen) atoms. The first-order valence-corrected chi connectivity index (χ1v) is 13.0. The summed E-state index contributed by atoms with van der Waals surface area (Å²) in [6, 6.07) is 0. The van der Waals surface area contributed by atoms with E-state index in [0.29, 0.717) is 19.4 Å². The normalized spacial score (nSPS) is 20.1. The van der Waals surface area contributed by atoms with E-state index in [1.165, 1.54) is 77.0 Å². The quantitative estimate of drug-likeness (QED) is 0.182. The minimum absolute atomic E-state index is 0.179. The average Bonchev–Trinajstić information content (AvgIpc) is 2.75. The van der Waals surface area contributed by atoms with Gasteiger partial charge in [0.15, 0.2) is 0 Å². The number of hydrogen-bond acceptors (Lipinski definition) is 3. The van der Waals surface area contributed by atoms with Crippen molar-refractivity contribution >= 4 is 11.9 Å². The van der Waals surface area contributed by atoms with E-state index in [-0.39, 0.29) is 17.8 Å². The lowest BCUT2D eigenvalue weighted by Gasteiger charge is -2.25. The summed E-state index contributed by atoms with van der Waals surface area (Å²) >= 11 is 0. The summed E-state index contributed by atoms with van der Waals surface area (Å²) in [5.74, 6) is -0.583. The van der Waals surface area contributed by atoms with Gasteiger partial charge in [0.25, 0.3) is 0 Å². The van der Waals surface area contributed by atoms with Crippen molar-refractivity contribution in [3.8, 4) is 0 Å². The van der Waals surface area contributed by atoms with Crippen LogP contribution >= 0.6 is 0 Å². The molecule has 4 heteroatoms. The third-order valence-corrected chi connectivity index (χ3v) is 6.77. The summed E-state index contributed by atoms with van der Waals surface area (Å²) in [6.45, 7) is 5.08. The van der Waals surface area contributed by atoms with Gasteiger partial charge in [-0.15, -0.1) is 0 Å². The molecule has 3 unspecified atom stereocenters. The smallest absolute Gasteiger partial charge is 0.308 e. The van der Waals surface area contributed by atoms with Crippen molar-refractivity contribution in [2.45, 2.75) is 129 Å². The molecule has 1 aliphatic rings. The van der Waals surface area contributed by atoms with Gasteiger partial charge in [-0.25, -0.2) is 0 Å². The number of carbonyl (C=O) groups is 2. The third-order valence-electron chi connectivity index (χ3n) is 6.77. The fourth-order valence-corrected chi connectivity index (χ4v) is 4.86. The molecule has 1 aliphatic carbocycles. The molecular formula is C26H48O4. The van der Waals surface area contributed by atoms with E-state index in [2.05, 4.69) is 13.8 Å². The van der Waals surface area contributed by atoms with Crippen molar-refractivity contribution in [1.29, 1.82) is 0 Å². The van der Waals surface area contributed by atoms with E-state index in [9.17, 15) is 9.59 Å². The number of rotatable bonds is 18. The largest absolute Gasteiger partial charge is 0.481 e. The standard InChI is InChI=1S/C26H48O4/c1-3-5-11-16-22(15-4-2)17-12-9-7-6-8-10-13-20-30-26(29)24-19-14-18-23(21-24)25(27)28/h22-24H,3-21H2,1-2H3,(H,27,28). The molecular weight excluding hydrogens is 376 g/mol. The molecule has 0 bridgehead atoms. The van der Waals surface area contributed by atoms with Crippen LogP contribution in [0.4, 0.5) is 0 Å². The number of carboxylic acid groups (broad SMARTS) is 1. The molecule has 3 atom stereocenters. The van der Waals surface area contributed by atoms with Gasteiger partial charge in [-0.1, -0.05) is 104 Å². The first-order valence-electron chi connectivity index (χ1n) is 13.0. The number of ether oxygens (including phenoxy) is 1. The molecule has 0 radical (unpaired) electrons. The fourth-order valence-electron chi connectivity index (χ4n) is 4.86. The van der Waals surface area contributed by atoms with Crippen LogP contribution in [0.3, 0.4) is 0 Å². The van der Waals surface area contributed by atoms with Crippen LogP contribution in [-0.4, -0.2) is 23.7 Å². The minimum Gasteiger partial charge on any atom is -0.481 e. The highest BCUT2D eigenvalue weighted by atomic mass is 16.5. The van der Waals surface area contributed by atoms with Crippen molar-refractivity contribution in [3.05, 3.63) is 0 Å². The van der Waals surface area contributed by atoms with Crippen LogP contribution in [0.5, 0.6) is 0 Å². The summed E-state index contributed by atoms with van der Waals surface area (Å²) in [7, 11) is 0. The highest BCUT2D eigenvalue weighted by Crippen LogP contribution is 2.30. The summed E-state index contributed by atoms with van der Waals surface area (Å²) in [4.78, 5) is 23.3. The van der Waals surface area contributed by atoms with Gasteiger partial charge in [0, 0.05) is 0 Å². The van der Waals surface area contributed by atoms with Gasteiger partial charge in [-0.3, -0.25) is 9.59 Å². The monoisotopic (exact) mass is 424 g/mol. The van der Waals surface area contributed by atoms with Gasteiger partial charge < -0.3 is 9.84 Å². The van der Waals surface area contributed by atoms with Crippen LogP contribution in [0, 0.1) is 17.8 Å². The fraction of sp³-hybridized carbons (Fsp3) is 0.923. The van der Waals surface area contributed by atoms with Gasteiger partial charge in [-0.05, 0) is 31.6 Å². The molecule has 4 nitrogen and oxygen atoms in total. The average molecular weight is 425 g/mol. The highest BCUT2D eigenvalue weighted by molar-refractivity contribution is 5.75. The van der Waals surface area contributed by atoms with Crippen molar-refractivity contribution in [2.75, 3.05) is 6.61 Å². The zero-order valence-electron chi connectivity index (χ0n) is 19.8. The molecule has 1 saturated carbocycles. The summed E-state index contributed by atoms with van der Waals surface area (Å²) in [6.07, 6.45) is 21.0. The lowest BCUT2D eigenvalue weighted by atomic mass is 9.81. The highest BCUT2D eigenvalue weighted by Gasteiger charge is 2.31. The SMILES string of the molecule is CCCCCC(CCC)CCCCCCCCCOC(=O)C1CCCC(C(=O)O)C1. The Morgan fingerprint density at radius 3 is 2.03 bits per heavy atom. The van der Waals surface area contributed by atoms with Crippen LogP contribution < -0.4 is 0 Å². The van der Waals surface area contributed by atoms with Crippen LogP contribution in [0.25, 0.3) is 0 Å². The Labute approximate surface area is 185 Å².